The van der Waals surface area contributed by atoms with Crippen molar-refractivity contribution in [2.24, 2.45) is 5.92 Å². The first-order valence-corrected chi connectivity index (χ1v) is 7.12. The molecule has 1 saturated heterocycles. The summed E-state index contributed by atoms with van der Waals surface area (Å²) in [6.45, 7) is 7.73. The van der Waals surface area contributed by atoms with E-state index in [1.165, 1.54) is 6.42 Å². The van der Waals surface area contributed by atoms with Crippen molar-refractivity contribution < 1.29 is 9.59 Å². The summed E-state index contributed by atoms with van der Waals surface area (Å²) in [4.78, 5) is 25.5. The molecule has 4 heteroatoms. The number of unbranched alkanes of at least 4 members (excludes halogenated alkanes) is 1. The van der Waals surface area contributed by atoms with Crippen LogP contribution in [0.5, 0.6) is 0 Å². The van der Waals surface area contributed by atoms with Gasteiger partial charge < -0.3 is 10.2 Å². The second-order valence-corrected chi connectivity index (χ2v) is 5.49. The zero-order valence-electron chi connectivity index (χ0n) is 11.9. The normalized spacial score (nSPS) is 21.1. The lowest BCUT2D eigenvalue weighted by atomic mass is 10.1. The Morgan fingerprint density at radius 3 is 2.67 bits per heavy atom. The Balaban J connectivity index is 2.42. The number of amides is 2. The van der Waals surface area contributed by atoms with Crippen LogP contribution in [0.15, 0.2) is 0 Å². The Hall–Kier alpha value is -1.06. The van der Waals surface area contributed by atoms with Crippen molar-refractivity contribution in [3.8, 4) is 0 Å². The molecule has 1 rings (SSSR count). The number of nitrogens with one attached hydrogen (secondary N) is 1. The number of carbonyl (C=O) groups excluding carboxylic acids is 2. The fourth-order valence-corrected chi connectivity index (χ4v) is 2.25. The molecule has 0 aromatic carbocycles. The molecule has 1 unspecified atom stereocenters. The Kier molecular flexibility index (Phi) is 6.16. The summed E-state index contributed by atoms with van der Waals surface area (Å²) >= 11 is 0. The molecule has 0 spiro atoms. The van der Waals surface area contributed by atoms with Gasteiger partial charge in [0.25, 0.3) is 0 Å². The summed E-state index contributed by atoms with van der Waals surface area (Å²) < 4.78 is 0. The van der Waals surface area contributed by atoms with Crippen molar-refractivity contribution in [1.82, 2.24) is 10.2 Å². The Morgan fingerprint density at radius 1 is 1.33 bits per heavy atom. The molecule has 1 heterocycles. The van der Waals surface area contributed by atoms with Crippen molar-refractivity contribution in [3.05, 3.63) is 0 Å². The maximum Gasteiger partial charge on any atom is 0.245 e. The van der Waals surface area contributed by atoms with Gasteiger partial charge in [0, 0.05) is 19.5 Å². The predicted octanol–water partition coefficient (Wildman–Crippen LogP) is 1.94. The second-order valence-electron chi connectivity index (χ2n) is 5.49. The third-order valence-corrected chi connectivity index (χ3v) is 3.42. The first kappa shape index (κ1) is 15.0. The van der Waals surface area contributed by atoms with Crippen LogP contribution in [0.4, 0.5) is 0 Å². The van der Waals surface area contributed by atoms with Crippen LogP contribution in [0.25, 0.3) is 0 Å². The lowest BCUT2D eigenvalue weighted by Crippen LogP contribution is -2.44. The maximum atomic E-state index is 12.2. The fraction of sp³-hybridized carbons (Fsp3) is 0.857. The number of nitrogens with zero attached hydrogens (tertiary/aromatic N) is 1. The van der Waals surface area contributed by atoms with Gasteiger partial charge in [0.1, 0.15) is 6.04 Å². The lowest BCUT2D eigenvalue weighted by molar-refractivity contribution is -0.133. The zero-order chi connectivity index (χ0) is 13.5. The maximum absolute atomic E-state index is 12.2. The van der Waals surface area contributed by atoms with E-state index in [4.69, 9.17) is 0 Å². The summed E-state index contributed by atoms with van der Waals surface area (Å²) in [5.41, 5.74) is 0. The molecular weight excluding hydrogens is 228 g/mol. The average Bonchev–Trinajstić information content (AvgIpc) is 2.46. The fourth-order valence-electron chi connectivity index (χ4n) is 2.25. The van der Waals surface area contributed by atoms with Crippen LogP contribution in [-0.4, -0.2) is 35.8 Å². The summed E-state index contributed by atoms with van der Waals surface area (Å²) in [6, 6.07) is -0.315. The summed E-state index contributed by atoms with van der Waals surface area (Å²) in [5, 5.41) is 2.79. The van der Waals surface area contributed by atoms with Crippen molar-refractivity contribution >= 4 is 11.8 Å². The van der Waals surface area contributed by atoms with E-state index in [0.717, 1.165) is 25.3 Å². The minimum atomic E-state index is -0.315. The van der Waals surface area contributed by atoms with Gasteiger partial charge in [0.05, 0.1) is 0 Å². The Bertz CT molecular complexity index is 290. The molecule has 18 heavy (non-hydrogen) atoms. The van der Waals surface area contributed by atoms with E-state index in [-0.39, 0.29) is 17.9 Å². The van der Waals surface area contributed by atoms with Gasteiger partial charge in [-0.3, -0.25) is 9.59 Å². The van der Waals surface area contributed by atoms with Gasteiger partial charge in [-0.25, -0.2) is 0 Å². The van der Waals surface area contributed by atoms with E-state index in [0.29, 0.717) is 19.4 Å². The molecule has 0 saturated carbocycles. The Morgan fingerprint density at radius 2 is 2.06 bits per heavy atom. The molecule has 0 aromatic heterocycles. The minimum absolute atomic E-state index is 0.000111. The molecule has 104 valence electrons. The topological polar surface area (TPSA) is 49.4 Å². The highest BCUT2D eigenvalue weighted by atomic mass is 16.2. The van der Waals surface area contributed by atoms with Gasteiger partial charge in [-0.15, -0.1) is 0 Å². The highest BCUT2D eigenvalue weighted by molar-refractivity contribution is 5.89. The smallest absolute Gasteiger partial charge is 0.245 e. The summed E-state index contributed by atoms with van der Waals surface area (Å²) in [7, 11) is 0. The van der Waals surface area contributed by atoms with E-state index in [1.54, 1.807) is 0 Å². The van der Waals surface area contributed by atoms with Crippen LogP contribution in [0.3, 0.4) is 0 Å². The van der Waals surface area contributed by atoms with Crippen molar-refractivity contribution in [1.29, 1.82) is 0 Å². The van der Waals surface area contributed by atoms with Crippen molar-refractivity contribution in [2.75, 3.05) is 13.1 Å². The van der Waals surface area contributed by atoms with Gasteiger partial charge in [-0.05, 0) is 18.8 Å². The monoisotopic (exact) mass is 254 g/mol. The van der Waals surface area contributed by atoms with E-state index in [1.807, 2.05) is 11.8 Å². The molecule has 1 aliphatic heterocycles. The average molecular weight is 254 g/mol. The summed E-state index contributed by atoms with van der Waals surface area (Å²) in [5.74, 6) is 0.809. The van der Waals surface area contributed by atoms with Crippen LogP contribution in [-0.2, 0) is 9.59 Å². The third-order valence-electron chi connectivity index (χ3n) is 3.42. The van der Waals surface area contributed by atoms with Gasteiger partial charge >= 0.3 is 0 Å². The van der Waals surface area contributed by atoms with Crippen LogP contribution >= 0.6 is 0 Å². The van der Waals surface area contributed by atoms with Crippen LogP contribution < -0.4 is 5.32 Å². The van der Waals surface area contributed by atoms with E-state index in [2.05, 4.69) is 19.2 Å². The number of hydrogen-bond donors (Lipinski definition) is 1. The minimum Gasteiger partial charge on any atom is -0.344 e. The van der Waals surface area contributed by atoms with Crippen LogP contribution in [0.2, 0.25) is 0 Å². The molecule has 4 nitrogen and oxygen atoms in total. The predicted molar refractivity (Wildman–Crippen MR) is 72.1 cm³/mol. The molecule has 0 bridgehead atoms. The number of carbonyl (C=O) groups is 2. The molecule has 1 N–H and O–H groups in total. The zero-order valence-corrected chi connectivity index (χ0v) is 11.9. The molecule has 0 aromatic rings. The SMILES string of the molecule is CCC1NC(=O)CCN(CCCCC(C)C)C1=O. The molecule has 0 radical (unpaired) electrons. The molecular formula is C14H26N2O2. The Labute approximate surface area is 110 Å². The molecule has 1 aliphatic rings. The molecule has 2 amide bonds. The number of rotatable bonds is 6. The lowest BCUT2D eigenvalue weighted by Gasteiger charge is -2.23. The highest BCUT2D eigenvalue weighted by Crippen LogP contribution is 2.10. The number of hydrogen-bond acceptors (Lipinski definition) is 2. The molecule has 0 aliphatic carbocycles. The standard InChI is InChI=1S/C14H26N2O2/c1-4-12-14(18)16(10-8-13(17)15-12)9-6-5-7-11(2)3/h11-12H,4-10H2,1-3H3,(H,15,17). The largest absolute Gasteiger partial charge is 0.344 e. The summed E-state index contributed by atoms with van der Waals surface area (Å²) in [6.07, 6.45) is 4.50. The van der Waals surface area contributed by atoms with Gasteiger partial charge in [-0.2, -0.15) is 0 Å². The van der Waals surface area contributed by atoms with E-state index >= 15 is 0 Å². The third kappa shape index (κ3) is 4.67. The van der Waals surface area contributed by atoms with E-state index in [9.17, 15) is 9.59 Å². The van der Waals surface area contributed by atoms with Gasteiger partial charge in [-0.1, -0.05) is 33.6 Å². The highest BCUT2D eigenvalue weighted by Gasteiger charge is 2.27. The van der Waals surface area contributed by atoms with Crippen molar-refractivity contribution in [2.45, 2.75) is 58.9 Å². The van der Waals surface area contributed by atoms with Gasteiger partial charge in [0.15, 0.2) is 0 Å². The molecule has 1 fully saturated rings. The van der Waals surface area contributed by atoms with Crippen LogP contribution in [0, 0.1) is 5.92 Å². The van der Waals surface area contributed by atoms with Crippen LogP contribution in [0.1, 0.15) is 52.9 Å². The first-order chi connectivity index (χ1) is 8.54. The quantitative estimate of drug-likeness (QED) is 0.736. The molecule has 1 atom stereocenters. The second kappa shape index (κ2) is 7.39. The van der Waals surface area contributed by atoms with E-state index < -0.39 is 0 Å². The first-order valence-electron chi connectivity index (χ1n) is 7.12. The van der Waals surface area contributed by atoms with Gasteiger partial charge in [0.2, 0.25) is 11.8 Å². The van der Waals surface area contributed by atoms with Crippen molar-refractivity contribution in [3.63, 3.8) is 0 Å².